The average Bonchev–Trinajstić information content (AvgIpc) is 3.07. The van der Waals surface area contributed by atoms with Crippen molar-refractivity contribution < 1.29 is 4.79 Å². The molecule has 0 bridgehead atoms. The van der Waals surface area contributed by atoms with Gasteiger partial charge in [0.25, 0.3) is 5.56 Å². The molecule has 2 aromatic heterocycles. The molecule has 1 atom stereocenters. The molecule has 7 heteroatoms. The van der Waals surface area contributed by atoms with E-state index in [1.807, 2.05) is 22.9 Å². The summed E-state index contributed by atoms with van der Waals surface area (Å²) in [5.74, 6) is -0.155. The first-order valence-electron chi connectivity index (χ1n) is 7.48. The van der Waals surface area contributed by atoms with Gasteiger partial charge in [-0.25, -0.2) is 0 Å². The van der Waals surface area contributed by atoms with Crippen LogP contribution in [0.15, 0.2) is 45.9 Å². The molecule has 1 amide bonds. The van der Waals surface area contributed by atoms with E-state index < -0.39 is 6.04 Å². The summed E-state index contributed by atoms with van der Waals surface area (Å²) in [5.41, 5.74) is 1.49. The molecule has 124 valence electrons. The lowest BCUT2D eigenvalue weighted by Crippen LogP contribution is -2.37. The molecular formula is C17H17N3O2S2. The third-order valence-corrected chi connectivity index (χ3v) is 4.99. The first-order valence-corrected chi connectivity index (χ1v) is 8.83. The number of aromatic nitrogens is 2. The number of fused-ring (bicyclic) bond motifs is 1. The molecular weight excluding hydrogens is 342 g/mol. The molecule has 0 aliphatic carbocycles. The fraction of sp³-hybridized carbons (Fsp3) is 0.235. The minimum absolute atomic E-state index is 0.155. The molecule has 0 unspecified atom stereocenters. The van der Waals surface area contributed by atoms with Crippen LogP contribution in [0.25, 0.3) is 10.9 Å². The standard InChI is InChI=1S/C17H17N3O2S2/c1-11(15(21)19(2)9-12-7-8-24-10-12)20-16(22)13-5-3-4-6-14(13)18-17(20)23/h3-8,10-11H,9H2,1-2H3,(H,18,23)/t11-/m0/s1. The highest BCUT2D eigenvalue weighted by Gasteiger charge is 2.22. The fourth-order valence-corrected chi connectivity index (χ4v) is 3.70. The lowest BCUT2D eigenvalue weighted by Gasteiger charge is -2.22. The van der Waals surface area contributed by atoms with E-state index in [-0.39, 0.29) is 16.2 Å². The van der Waals surface area contributed by atoms with Gasteiger partial charge in [0, 0.05) is 13.6 Å². The van der Waals surface area contributed by atoms with Crippen LogP contribution in [0.1, 0.15) is 18.5 Å². The maximum atomic E-state index is 12.7. The smallest absolute Gasteiger partial charge is 0.262 e. The second kappa shape index (κ2) is 6.70. The van der Waals surface area contributed by atoms with Crippen molar-refractivity contribution in [3.05, 3.63) is 61.8 Å². The highest BCUT2D eigenvalue weighted by Crippen LogP contribution is 2.14. The highest BCUT2D eigenvalue weighted by molar-refractivity contribution is 7.71. The quantitative estimate of drug-likeness (QED) is 0.727. The first kappa shape index (κ1) is 16.6. The summed E-state index contributed by atoms with van der Waals surface area (Å²) in [6.07, 6.45) is 0. The predicted molar refractivity (Wildman–Crippen MR) is 98.9 cm³/mol. The molecule has 0 saturated carbocycles. The Morgan fingerprint density at radius 2 is 2.12 bits per heavy atom. The van der Waals surface area contributed by atoms with Gasteiger partial charge in [-0.3, -0.25) is 14.2 Å². The normalized spacial score (nSPS) is 12.2. The summed E-state index contributed by atoms with van der Waals surface area (Å²) in [4.78, 5) is 30.1. The van der Waals surface area contributed by atoms with Crippen molar-refractivity contribution in [2.75, 3.05) is 7.05 Å². The second-order valence-corrected chi connectivity index (χ2v) is 6.82. The molecule has 0 spiro atoms. The molecule has 3 rings (SSSR count). The van der Waals surface area contributed by atoms with Crippen molar-refractivity contribution in [1.29, 1.82) is 0 Å². The van der Waals surface area contributed by atoms with E-state index in [4.69, 9.17) is 12.2 Å². The molecule has 0 saturated heterocycles. The molecule has 1 N–H and O–H groups in total. The van der Waals surface area contributed by atoms with E-state index in [0.717, 1.165) is 5.56 Å². The number of hydrogen-bond donors (Lipinski definition) is 1. The van der Waals surface area contributed by atoms with Gasteiger partial charge < -0.3 is 9.88 Å². The highest BCUT2D eigenvalue weighted by atomic mass is 32.1. The van der Waals surface area contributed by atoms with E-state index in [9.17, 15) is 9.59 Å². The Morgan fingerprint density at radius 3 is 2.83 bits per heavy atom. The third kappa shape index (κ3) is 3.05. The van der Waals surface area contributed by atoms with Crippen molar-refractivity contribution in [1.82, 2.24) is 14.5 Å². The Hall–Kier alpha value is -2.25. The van der Waals surface area contributed by atoms with Gasteiger partial charge in [-0.2, -0.15) is 11.3 Å². The molecule has 2 heterocycles. The molecule has 3 aromatic rings. The number of nitrogens with one attached hydrogen (secondary N) is 1. The summed E-state index contributed by atoms with van der Waals surface area (Å²) in [7, 11) is 1.73. The molecule has 0 fully saturated rings. The van der Waals surface area contributed by atoms with E-state index >= 15 is 0 Å². The zero-order chi connectivity index (χ0) is 17.3. The maximum absolute atomic E-state index is 12.7. The SMILES string of the molecule is C[C@@H](C(=O)N(C)Cc1ccsc1)n1c(=S)[nH]c2ccccc2c1=O. The van der Waals surface area contributed by atoms with Crippen molar-refractivity contribution in [3.8, 4) is 0 Å². The Balaban J connectivity index is 1.96. The Kier molecular flexibility index (Phi) is 4.64. The van der Waals surface area contributed by atoms with Gasteiger partial charge in [0.1, 0.15) is 6.04 Å². The van der Waals surface area contributed by atoms with Crippen LogP contribution in [0.4, 0.5) is 0 Å². The third-order valence-electron chi connectivity index (χ3n) is 3.96. The monoisotopic (exact) mass is 359 g/mol. The predicted octanol–water partition coefficient (Wildman–Crippen LogP) is 3.34. The van der Waals surface area contributed by atoms with Crippen LogP contribution in [0.3, 0.4) is 0 Å². The first-order chi connectivity index (χ1) is 11.5. The van der Waals surface area contributed by atoms with Gasteiger partial charge in [-0.1, -0.05) is 12.1 Å². The zero-order valence-corrected chi connectivity index (χ0v) is 15.0. The Morgan fingerprint density at radius 1 is 1.38 bits per heavy atom. The van der Waals surface area contributed by atoms with Crippen LogP contribution in [0, 0.1) is 4.77 Å². The topological polar surface area (TPSA) is 58.1 Å². The van der Waals surface area contributed by atoms with Gasteiger partial charge in [0.2, 0.25) is 5.91 Å². The fourth-order valence-electron chi connectivity index (χ4n) is 2.69. The van der Waals surface area contributed by atoms with E-state index in [0.29, 0.717) is 17.4 Å². The van der Waals surface area contributed by atoms with Gasteiger partial charge in [0.15, 0.2) is 4.77 Å². The van der Waals surface area contributed by atoms with Crippen LogP contribution < -0.4 is 5.56 Å². The summed E-state index contributed by atoms with van der Waals surface area (Å²) in [6, 6.07) is 8.46. The Bertz CT molecular complexity index is 989. The summed E-state index contributed by atoms with van der Waals surface area (Å²) >= 11 is 6.89. The van der Waals surface area contributed by atoms with Gasteiger partial charge in [0.05, 0.1) is 10.9 Å². The van der Waals surface area contributed by atoms with Crippen molar-refractivity contribution >= 4 is 40.4 Å². The number of thiophene rings is 1. The number of rotatable bonds is 4. The van der Waals surface area contributed by atoms with Gasteiger partial charge in [-0.05, 0) is 53.7 Å². The number of aromatic amines is 1. The number of hydrogen-bond acceptors (Lipinski definition) is 4. The molecule has 1 aromatic carbocycles. The number of carbonyl (C=O) groups excluding carboxylic acids is 1. The molecule has 24 heavy (non-hydrogen) atoms. The number of carbonyl (C=O) groups is 1. The number of amides is 1. The van der Waals surface area contributed by atoms with Crippen molar-refractivity contribution in [3.63, 3.8) is 0 Å². The van der Waals surface area contributed by atoms with Gasteiger partial charge in [-0.15, -0.1) is 0 Å². The molecule has 5 nitrogen and oxygen atoms in total. The summed E-state index contributed by atoms with van der Waals surface area (Å²) < 4.78 is 1.60. The van der Waals surface area contributed by atoms with E-state index in [1.165, 1.54) is 4.57 Å². The minimum atomic E-state index is -0.672. The molecule has 0 aliphatic rings. The van der Waals surface area contributed by atoms with Crippen LogP contribution in [0.5, 0.6) is 0 Å². The lowest BCUT2D eigenvalue weighted by atomic mass is 10.2. The lowest BCUT2D eigenvalue weighted by molar-refractivity contribution is -0.133. The van der Waals surface area contributed by atoms with Crippen LogP contribution in [-0.2, 0) is 11.3 Å². The molecule has 0 radical (unpaired) electrons. The van der Waals surface area contributed by atoms with Gasteiger partial charge >= 0.3 is 0 Å². The van der Waals surface area contributed by atoms with Crippen LogP contribution >= 0.6 is 23.6 Å². The average molecular weight is 359 g/mol. The van der Waals surface area contributed by atoms with E-state index in [1.54, 1.807) is 48.4 Å². The summed E-state index contributed by atoms with van der Waals surface area (Å²) in [6.45, 7) is 2.21. The summed E-state index contributed by atoms with van der Waals surface area (Å²) in [5, 5.41) is 4.50. The number of H-pyrrole nitrogens is 1. The largest absolute Gasteiger partial charge is 0.340 e. The van der Waals surface area contributed by atoms with Crippen molar-refractivity contribution in [2.45, 2.75) is 19.5 Å². The number of benzene rings is 1. The minimum Gasteiger partial charge on any atom is -0.340 e. The van der Waals surface area contributed by atoms with Crippen LogP contribution in [0.2, 0.25) is 0 Å². The van der Waals surface area contributed by atoms with Crippen LogP contribution in [-0.4, -0.2) is 27.4 Å². The zero-order valence-electron chi connectivity index (χ0n) is 13.4. The van der Waals surface area contributed by atoms with E-state index in [2.05, 4.69) is 4.98 Å². The maximum Gasteiger partial charge on any atom is 0.262 e. The van der Waals surface area contributed by atoms with Crippen molar-refractivity contribution in [2.24, 2.45) is 0 Å². The number of nitrogens with zero attached hydrogens (tertiary/aromatic N) is 2. The number of para-hydroxylation sites is 1. The Labute approximate surface area is 148 Å². The second-order valence-electron chi connectivity index (χ2n) is 5.65. The number of likely N-dealkylation sites (N-methyl/N-ethyl adjacent to an activating group) is 1. The molecule has 0 aliphatic heterocycles.